The topological polar surface area (TPSA) is 89.3 Å². The smallest absolute Gasteiger partial charge is 0.221 e. The molecule has 5 nitrogen and oxygen atoms in total. The molecule has 0 saturated carbocycles. The number of hydrogen-bond donors (Lipinski definition) is 2. The molecule has 1 amide bonds. The van der Waals surface area contributed by atoms with Gasteiger partial charge in [0, 0.05) is 23.9 Å². The third-order valence-electron chi connectivity index (χ3n) is 2.10. The monoisotopic (exact) mass is 218 g/mol. The maximum atomic E-state index is 11.0. The molecule has 0 aromatic rings. The van der Waals surface area contributed by atoms with Crippen LogP contribution in [0.25, 0.3) is 0 Å². The van der Waals surface area contributed by atoms with Crippen LogP contribution >= 0.6 is 0 Å². The van der Waals surface area contributed by atoms with E-state index in [1.807, 2.05) is 0 Å². The van der Waals surface area contributed by atoms with E-state index in [1.54, 1.807) is 13.0 Å². The molecule has 1 aliphatic heterocycles. The molecule has 0 aromatic heterocycles. The van der Waals surface area contributed by atoms with Crippen LogP contribution < -0.4 is 11.1 Å². The van der Waals surface area contributed by atoms with Crippen molar-refractivity contribution < 1.29 is 13.2 Å². The van der Waals surface area contributed by atoms with E-state index >= 15 is 0 Å². The van der Waals surface area contributed by atoms with Crippen molar-refractivity contribution in [2.24, 2.45) is 11.7 Å². The Morgan fingerprint density at radius 2 is 2.36 bits per heavy atom. The first-order valence-electron chi connectivity index (χ1n) is 4.34. The molecule has 0 saturated heterocycles. The van der Waals surface area contributed by atoms with Gasteiger partial charge in [0.25, 0.3) is 0 Å². The van der Waals surface area contributed by atoms with E-state index in [1.165, 1.54) is 5.41 Å². The van der Waals surface area contributed by atoms with Gasteiger partial charge in [0.05, 0.1) is 5.75 Å². The lowest BCUT2D eigenvalue weighted by Gasteiger charge is -2.12. The third-order valence-corrected chi connectivity index (χ3v) is 3.50. The van der Waals surface area contributed by atoms with E-state index in [-0.39, 0.29) is 23.6 Å². The van der Waals surface area contributed by atoms with Gasteiger partial charge in [-0.1, -0.05) is 13.0 Å². The fraction of sp³-hybridized carbons (Fsp3) is 0.625. The van der Waals surface area contributed by atoms with Crippen LogP contribution in [0.5, 0.6) is 0 Å². The molecular weight excluding hydrogens is 204 g/mol. The number of nitrogens with two attached hydrogens (primary N) is 1. The van der Waals surface area contributed by atoms with Gasteiger partial charge < -0.3 is 11.1 Å². The number of hydrogen-bond acceptors (Lipinski definition) is 4. The summed E-state index contributed by atoms with van der Waals surface area (Å²) >= 11 is 0. The largest absolute Gasteiger partial charge is 0.369 e. The lowest BCUT2D eigenvalue weighted by atomic mass is 10.1. The van der Waals surface area contributed by atoms with Gasteiger partial charge in [0.1, 0.15) is 0 Å². The Morgan fingerprint density at radius 3 is 2.79 bits per heavy atom. The molecule has 6 heteroatoms. The van der Waals surface area contributed by atoms with Crippen molar-refractivity contribution >= 4 is 15.7 Å². The zero-order chi connectivity index (χ0) is 10.8. The second-order valence-electron chi connectivity index (χ2n) is 3.48. The van der Waals surface area contributed by atoms with Crippen molar-refractivity contribution in [3.8, 4) is 0 Å². The summed E-state index contributed by atoms with van der Waals surface area (Å²) in [6.07, 6.45) is 1.59. The quantitative estimate of drug-likeness (QED) is 0.634. The molecule has 0 spiro atoms. The van der Waals surface area contributed by atoms with Crippen LogP contribution in [0.4, 0.5) is 0 Å². The highest BCUT2D eigenvalue weighted by Gasteiger charge is 2.21. The van der Waals surface area contributed by atoms with Crippen LogP contribution in [0.15, 0.2) is 11.5 Å². The van der Waals surface area contributed by atoms with Gasteiger partial charge in [-0.25, -0.2) is 8.42 Å². The van der Waals surface area contributed by atoms with Crippen molar-refractivity contribution in [2.75, 3.05) is 12.3 Å². The molecule has 0 radical (unpaired) electrons. The van der Waals surface area contributed by atoms with Gasteiger partial charge in [0.15, 0.2) is 9.84 Å². The molecular formula is C8H14N2O3S. The fourth-order valence-electron chi connectivity index (χ4n) is 1.13. The van der Waals surface area contributed by atoms with Gasteiger partial charge in [-0.2, -0.15) is 0 Å². The lowest BCUT2D eigenvalue weighted by Crippen LogP contribution is -2.37. The lowest BCUT2D eigenvalue weighted by molar-refractivity contribution is -0.121. The average Bonchev–Trinajstić information content (AvgIpc) is 2.41. The fourth-order valence-corrected chi connectivity index (χ4v) is 2.40. The highest BCUT2D eigenvalue weighted by atomic mass is 32.2. The van der Waals surface area contributed by atoms with Crippen molar-refractivity contribution in [3.05, 3.63) is 11.5 Å². The second kappa shape index (κ2) is 4.10. The second-order valence-corrected chi connectivity index (χ2v) is 5.41. The standard InChI is InChI=1S/C8H14N2O3S/c1-6(8(9)11)4-10-7-2-3-14(12,13)5-7/h2-3,6-7,10H,4-5H2,1H3,(H2,9,11). The summed E-state index contributed by atoms with van der Waals surface area (Å²) in [4.78, 5) is 10.7. The van der Waals surface area contributed by atoms with Gasteiger partial charge >= 0.3 is 0 Å². The van der Waals surface area contributed by atoms with Crippen LogP contribution in [0.2, 0.25) is 0 Å². The van der Waals surface area contributed by atoms with Crippen LogP contribution in [-0.4, -0.2) is 32.7 Å². The van der Waals surface area contributed by atoms with Crippen LogP contribution in [0.1, 0.15) is 6.92 Å². The Kier molecular flexibility index (Phi) is 3.28. The van der Waals surface area contributed by atoms with Gasteiger partial charge in [0.2, 0.25) is 5.91 Å². The number of carbonyl (C=O) groups is 1. The van der Waals surface area contributed by atoms with Crippen LogP contribution in [-0.2, 0) is 14.6 Å². The highest BCUT2D eigenvalue weighted by Crippen LogP contribution is 2.07. The van der Waals surface area contributed by atoms with Crippen molar-refractivity contribution in [3.63, 3.8) is 0 Å². The Balaban J connectivity index is 2.35. The van der Waals surface area contributed by atoms with Gasteiger partial charge in [-0.15, -0.1) is 0 Å². The summed E-state index contributed by atoms with van der Waals surface area (Å²) in [5.41, 5.74) is 5.06. The average molecular weight is 218 g/mol. The molecule has 2 unspecified atom stereocenters. The molecule has 0 bridgehead atoms. The maximum absolute atomic E-state index is 11.0. The normalized spacial score (nSPS) is 26.2. The molecule has 14 heavy (non-hydrogen) atoms. The zero-order valence-electron chi connectivity index (χ0n) is 7.93. The summed E-state index contributed by atoms with van der Waals surface area (Å²) in [7, 11) is -3.02. The predicted octanol–water partition coefficient (Wildman–Crippen LogP) is -0.992. The first kappa shape index (κ1) is 11.2. The molecule has 1 aliphatic rings. The Hall–Kier alpha value is -0.880. The minimum atomic E-state index is -3.02. The first-order chi connectivity index (χ1) is 6.41. The summed E-state index contributed by atoms with van der Waals surface area (Å²) in [5.74, 6) is -0.604. The molecule has 2 atom stereocenters. The first-order valence-corrected chi connectivity index (χ1v) is 6.06. The van der Waals surface area contributed by atoms with Crippen LogP contribution in [0, 0.1) is 5.92 Å². The van der Waals surface area contributed by atoms with E-state index in [0.29, 0.717) is 6.54 Å². The molecule has 1 rings (SSSR count). The van der Waals surface area contributed by atoms with E-state index in [4.69, 9.17) is 5.73 Å². The van der Waals surface area contributed by atoms with Crippen LogP contribution in [0.3, 0.4) is 0 Å². The zero-order valence-corrected chi connectivity index (χ0v) is 8.75. The summed E-state index contributed by atoms with van der Waals surface area (Å²) < 4.78 is 22.0. The molecule has 80 valence electrons. The van der Waals surface area contributed by atoms with E-state index in [2.05, 4.69) is 5.32 Å². The summed E-state index contributed by atoms with van der Waals surface area (Å²) in [5, 5.41) is 4.15. The highest BCUT2D eigenvalue weighted by molar-refractivity contribution is 7.94. The number of primary amides is 1. The van der Waals surface area contributed by atoms with Gasteiger partial charge in [-0.3, -0.25) is 4.79 Å². The number of rotatable bonds is 4. The van der Waals surface area contributed by atoms with Crippen molar-refractivity contribution in [2.45, 2.75) is 13.0 Å². The number of nitrogens with one attached hydrogen (secondary N) is 1. The minimum Gasteiger partial charge on any atom is -0.369 e. The maximum Gasteiger partial charge on any atom is 0.221 e. The molecule has 3 N–H and O–H groups in total. The minimum absolute atomic E-state index is 0.0679. The van der Waals surface area contributed by atoms with Gasteiger partial charge in [-0.05, 0) is 0 Å². The Morgan fingerprint density at radius 1 is 1.71 bits per heavy atom. The number of sulfone groups is 1. The van der Waals surface area contributed by atoms with E-state index < -0.39 is 9.84 Å². The summed E-state index contributed by atoms with van der Waals surface area (Å²) in [6.45, 7) is 2.10. The molecule has 1 heterocycles. The van der Waals surface area contributed by atoms with E-state index in [9.17, 15) is 13.2 Å². The predicted molar refractivity (Wildman–Crippen MR) is 53.1 cm³/mol. The Labute approximate surface area is 83.3 Å². The summed E-state index contributed by atoms with van der Waals surface area (Å²) in [6, 6.07) is -0.193. The van der Waals surface area contributed by atoms with E-state index in [0.717, 1.165) is 0 Å². The molecule has 0 aromatic carbocycles. The number of carbonyl (C=O) groups excluding carboxylic acids is 1. The van der Waals surface area contributed by atoms with Crippen molar-refractivity contribution in [1.29, 1.82) is 0 Å². The SMILES string of the molecule is CC(CNC1C=CS(=O)(=O)C1)C(N)=O. The third kappa shape index (κ3) is 3.12. The number of amides is 1. The molecule has 0 fully saturated rings. The molecule has 0 aliphatic carbocycles. The van der Waals surface area contributed by atoms with Crippen molar-refractivity contribution in [1.82, 2.24) is 5.32 Å². The Bertz CT molecular complexity index is 348.